The van der Waals surface area contributed by atoms with Crippen LogP contribution < -0.4 is 16.0 Å². The lowest BCUT2D eigenvalue weighted by Gasteiger charge is -2.32. The number of likely N-dealkylation sites (tertiary alicyclic amines) is 1. The first kappa shape index (κ1) is 25.7. The molecule has 1 heterocycles. The molecule has 8 heteroatoms. The van der Waals surface area contributed by atoms with E-state index in [2.05, 4.69) is 38.8 Å². The number of phenolic OH excluding ortho intramolecular Hbond substituents is 1. The van der Waals surface area contributed by atoms with Crippen molar-refractivity contribution in [1.29, 1.82) is 0 Å². The number of halogens is 1. The van der Waals surface area contributed by atoms with Gasteiger partial charge in [-0.05, 0) is 62.1 Å². The molecule has 174 valence electrons. The fraction of sp³-hybridized carbons (Fsp3) is 0.652. The van der Waals surface area contributed by atoms with Crippen molar-refractivity contribution in [3.8, 4) is 5.75 Å². The van der Waals surface area contributed by atoms with Crippen LogP contribution in [0.25, 0.3) is 0 Å². The summed E-state index contributed by atoms with van der Waals surface area (Å²) in [5, 5.41) is 20.2. The molecule has 0 atom stereocenters. The average molecular weight is 543 g/mol. The Bertz CT molecular complexity index is 748. The van der Waals surface area contributed by atoms with Crippen molar-refractivity contribution in [2.24, 2.45) is 4.99 Å². The van der Waals surface area contributed by atoms with Crippen LogP contribution in [0.2, 0.25) is 0 Å². The fourth-order valence-electron chi connectivity index (χ4n) is 4.41. The molecule has 0 aromatic heterocycles. The Labute approximate surface area is 203 Å². The van der Waals surface area contributed by atoms with Crippen molar-refractivity contribution in [1.82, 2.24) is 20.9 Å². The molecule has 0 unspecified atom stereocenters. The predicted octanol–water partition coefficient (Wildman–Crippen LogP) is 2.54. The normalized spacial score (nSPS) is 17.4. The van der Waals surface area contributed by atoms with Crippen LogP contribution in [-0.2, 0) is 24.2 Å². The molecule has 0 saturated carbocycles. The largest absolute Gasteiger partial charge is 0.508 e. The molecule has 2 aliphatic rings. The summed E-state index contributed by atoms with van der Waals surface area (Å²) in [7, 11) is 1.78. The second-order valence-electron chi connectivity index (χ2n) is 8.38. The van der Waals surface area contributed by atoms with Crippen LogP contribution in [0.1, 0.15) is 55.7 Å². The molecule has 1 aliphatic heterocycles. The number of phenols is 1. The first-order valence-electron chi connectivity index (χ1n) is 11.4. The Balaban J connectivity index is 0.00000341. The minimum Gasteiger partial charge on any atom is -0.508 e. The molecule has 0 bridgehead atoms. The third-order valence-electron chi connectivity index (χ3n) is 6.15. The van der Waals surface area contributed by atoms with Gasteiger partial charge >= 0.3 is 0 Å². The smallest absolute Gasteiger partial charge is 0.234 e. The fourth-order valence-corrected chi connectivity index (χ4v) is 4.41. The van der Waals surface area contributed by atoms with E-state index in [1.807, 2.05) is 6.07 Å². The number of carbonyl (C=O) groups is 1. The van der Waals surface area contributed by atoms with Crippen LogP contribution in [-0.4, -0.2) is 61.1 Å². The molecule has 3 rings (SSSR count). The van der Waals surface area contributed by atoms with E-state index in [9.17, 15) is 9.90 Å². The Morgan fingerprint density at radius 1 is 1.19 bits per heavy atom. The molecule has 1 aliphatic carbocycles. The number of aliphatic imine (C=N–C) groups is 1. The molecule has 1 fully saturated rings. The molecule has 7 nitrogen and oxygen atoms in total. The van der Waals surface area contributed by atoms with Gasteiger partial charge < -0.3 is 21.1 Å². The third-order valence-corrected chi connectivity index (χ3v) is 6.15. The summed E-state index contributed by atoms with van der Waals surface area (Å²) in [5.74, 6) is 1.25. The summed E-state index contributed by atoms with van der Waals surface area (Å²) in [4.78, 5) is 18.5. The Hall–Kier alpha value is -1.55. The SMILES string of the molecule is CCCNC(=O)CN1CCC(NC(=NC)NCc2c(O)ccc3c2CCCC3)CC1.I. The first-order valence-corrected chi connectivity index (χ1v) is 11.4. The zero-order valence-corrected chi connectivity index (χ0v) is 21.2. The quantitative estimate of drug-likeness (QED) is 0.241. The number of benzene rings is 1. The number of nitrogens with zero attached hydrogens (tertiary/aromatic N) is 2. The Morgan fingerprint density at radius 3 is 2.65 bits per heavy atom. The minimum atomic E-state index is 0. The second kappa shape index (κ2) is 13.1. The van der Waals surface area contributed by atoms with Gasteiger partial charge in [0.2, 0.25) is 5.91 Å². The van der Waals surface area contributed by atoms with Crippen LogP contribution in [0.4, 0.5) is 0 Å². The van der Waals surface area contributed by atoms with Crippen LogP contribution >= 0.6 is 24.0 Å². The van der Waals surface area contributed by atoms with Gasteiger partial charge in [-0.25, -0.2) is 0 Å². The number of hydrogen-bond acceptors (Lipinski definition) is 4. The lowest BCUT2D eigenvalue weighted by atomic mass is 9.88. The van der Waals surface area contributed by atoms with Crippen LogP contribution in [0.3, 0.4) is 0 Å². The van der Waals surface area contributed by atoms with E-state index >= 15 is 0 Å². The highest BCUT2D eigenvalue weighted by Crippen LogP contribution is 2.30. The van der Waals surface area contributed by atoms with Gasteiger partial charge in [0, 0.05) is 44.8 Å². The predicted molar refractivity (Wildman–Crippen MR) is 136 cm³/mol. The van der Waals surface area contributed by atoms with E-state index in [1.54, 1.807) is 7.05 Å². The number of aryl methyl sites for hydroxylation is 1. The number of rotatable bonds is 7. The maximum absolute atomic E-state index is 11.9. The first-order chi connectivity index (χ1) is 14.6. The average Bonchev–Trinajstić information content (AvgIpc) is 2.77. The monoisotopic (exact) mass is 543 g/mol. The summed E-state index contributed by atoms with van der Waals surface area (Å²) in [5.41, 5.74) is 3.68. The lowest BCUT2D eigenvalue weighted by molar-refractivity contribution is -0.122. The van der Waals surface area contributed by atoms with Crippen molar-refractivity contribution in [3.05, 3.63) is 28.8 Å². The lowest BCUT2D eigenvalue weighted by Crippen LogP contribution is -2.50. The summed E-state index contributed by atoms with van der Waals surface area (Å²) in [6, 6.07) is 4.23. The van der Waals surface area contributed by atoms with Gasteiger partial charge in [-0.2, -0.15) is 0 Å². The Morgan fingerprint density at radius 2 is 1.94 bits per heavy atom. The zero-order chi connectivity index (χ0) is 21.3. The van der Waals surface area contributed by atoms with Crippen molar-refractivity contribution < 1.29 is 9.90 Å². The van der Waals surface area contributed by atoms with E-state index in [4.69, 9.17) is 0 Å². The molecule has 0 radical (unpaired) electrons. The molecule has 1 amide bonds. The summed E-state index contributed by atoms with van der Waals surface area (Å²) >= 11 is 0. The minimum absolute atomic E-state index is 0. The number of piperidine rings is 1. The van der Waals surface area contributed by atoms with E-state index < -0.39 is 0 Å². The number of nitrogens with one attached hydrogen (secondary N) is 3. The maximum atomic E-state index is 11.9. The number of hydrogen-bond donors (Lipinski definition) is 4. The highest BCUT2D eigenvalue weighted by Gasteiger charge is 2.22. The van der Waals surface area contributed by atoms with Gasteiger partial charge in [0.05, 0.1) is 6.54 Å². The third kappa shape index (κ3) is 7.52. The second-order valence-corrected chi connectivity index (χ2v) is 8.38. The van der Waals surface area contributed by atoms with Crippen molar-refractivity contribution in [2.75, 3.05) is 33.2 Å². The van der Waals surface area contributed by atoms with E-state index in [0.717, 1.165) is 63.3 Å². The van der Waals surface area contributed by atoms with E-state index in [1.165, 1.54) is 24.0 Å². The number of amides is 1. The molecular weight excluding hydrogens is 505 g/mol. The van der Waals surface area contributed by atoms with Crippen molar-refractivity contribution in [2.45, 2.75) is 64.5 Å². The molecule has 1 aromatic carbocycles. The van der Waals surface area contributed by atoms with Gasteiger partial charge in [-0.1, -0.05) is 13.0 Å². The number of guanidine groups is 1. The van der Waals surface area contributed by atoms with Gasteiger partial charge in [0.15, 0.2) is 5.96 Å². The van der Waals surface area contributed by atoms with Gasteiger partial charge in [-0.3, -0.25) is 14.7 Å². The van der Waals surface area contributed by atoms with E-state index in [-0.39, 0.29) is 29.9 Å². The summed E-state index contributed by atoms with van der Waals surface area (Å²) < 4.78 is 0. The molecule has 1 saturated heterocycles. The van der Waals surface area contributed by atoms with Crippen molar-refractivity contribution >= 4 is 35.8 Å². The standard InChI is InChI=1S/C23H37N5O2.HI/c1-3-12-25-22(30)16-28-13-10-18(11-14-28)27-23(24-2)26-15-20-19-7-5-4-6-17(19)8-9-21(20)29;/h8-9,18,29H,3-7,10-16H2,1-2H3,(H,25,30)(H2,24,26,27);1H. The van der Waals surface area contributed by atoms with Crippen LogP contribution in [0.15, 0.2) is 17.1 Å². The van der Waals surface area contributed by atoms with Gasteiger partial charge in [0.1, 0.15) is 5.75 Å². The number of fused-ring (bicyclic) bond motifs is 1. The van der Waals surface area contributed by atoms with Crippen LogP contribution in [0, 0.1) is 0 Å². The highest BCUT2D eigenvalue weighted by molar-refractivity contribution is 14.0. The molecule has 0 spiro atoms. The van der Waals surface area contributed by atoms with Gasteiger partial charge in [-0.15, -0.1) is 24.0 Å². The topological polar surface area (TPSA) is 89.0 Å². The molecule has 1 aromatic rings. The molecule has 4 N–H and O–H groups in total. The molecule has 31 heavy (non-hydrogen) atoms. The van der Waals surface area contributed by atoms with E-state index in [0.29, 0.717) is 24.9 Å². The highest BCUT2D eigenvalue weighted by atomic mass is 127. The molecular formula is C23H38IN5O2. The summed E-state index contributed by atoms with van der Waals surface area (Å²) in [6.07, 6.45) is 7.48. The maximum Gasteiger partial charge on any atom is 0.234 e. The van der Waals surface area contributed by atoms with Gasteiger partial charge in [0.25, 0.3) is 0 Å². The van der Waals surface area contributed by atoms with Crippen molar-refractivity contribution in [3.63, 3.8) is 0 Å². The number of carbonyl (C=O) groups excluding carboxylic acids is 1. The summed E-state index contributed by atoms with van der Waals surface area (Å²) in [6.45, 7) is 5.68. The van der Waals surface area contributed by atoms with Crippen LogP contribution in [0.5, 0.6) is 5.75 Å². The Kier molecular flexibility index (Phi) is 10.9. The zero-order valence-electron chi connectivity index (χ0n) is 18.9. The number of aromatic hydroxyl groups is 1.